The third-order valence-electron chi connectivity index (χ3n) is 2.30. The summed E-state index contributed by atoms with van der Waals surface area (Å²) in [5.41, 5.74) is 1.41. The maximum absolute atomic E-state index is 13.5. The molecule has 0 aliphatic heterocycles. The summed E-state index contributed by atoms with van der Waals surface area (Å²) in [7, 11) is 0. The second-order valence-electron chi connectivity index (χ2n) is 3.52. The Balaban J connectivity index is 1.93. The van der Waals surface area contributed by atoms with Crippen molar-refractivity contribution in [1.82, 2.24) is 15.3 Å². The van der Waals surface area contributed by atoms with E-state index in [1.54, 1.807) is 24.4 Å². The van der Waals surface area contributed by atoms with Gasteiger partial charge < -0.3 is 5.32 Å². The molecule has 0 amide bonds. The van der Waals surface area contributed by atoms with E-state index in [-0.39, 0.29) is 10.8 Å². The molecule has 1 aromatic carbocycles. The maximum atomic E-state index is 13.5. The van der Waals surface area contributed by atoms with Gasteiger partial charge in [0.15, 0.2) is 0 Å². The Morgan fingerprint density at radius 2 is 2.12 bits per heavy atom. The molecule has 3 nitrogen and oxygen atoms in total. The monoisotopic (exact) mass is 251 g/mol. The van der Waals surface area contributed by atoms with Crippen molar-refractivity contribution in [2.24, 2.45) is 0 Å². The molecule has 1 heterocycles. The average molecular weight is 252 g/mol. The minimum atomic E-state index is -0.371. The van der Waals surface area contributed by atoms with Crippen molar-refractivity contribution in [2.75, 3.05) is 0 Å². The molecule has 0 saturated carbocycles. The van der Waals surface area contributed by atoms with Gasteiger partial charge in [-0.25, -0.2) is 14.4 Å². The van der Waals surface area contributed by atoms with E-state index in [2.05, 4.69) is 15.3 Å². The topological polar surface area (TPSA) is 37.8 Å². The molecule has 0 unspecified atom stereocenters. The largest absolute Gasteiger partial charge is 0.307 e. The van der Waals surface area contributed by atoms with E-state index in [0.29, 0.717) is 18.7 Å². The first kappa shape index (κ1) is 12.0. The summed E-state index contributed by atoms with van der Waals surface area (Å²) in [5, 5.41) is 3.24. The molecule has 1 aromatic heterocycles. The van der Waals surface area contributed by atoms with E-state index < -0.39 is 0 Å². The minimum Gasteiger partial charge on any atom is -0.307 e. The Kier molecular flexibility index (Phi) is 4.01. The number of nitrogens with one attached hydrogen (secondary N) is 1. The Labute approximate surface area is 104 Å². The fourth-order valence-electron chi connectivity index (χ4n) is 1.43. The molecule has 1 N–H and O–H groups in total. The summed E-state index contributed by atoms with van der Waals surface area (Å²) in [5.74, 6) is -0.371. The predicted octanol–water partition coefficient (Wildman–Crippen LogP) is 2.56. The summed E-state index contributed by atoms with van der Waals surface area (Å²) < 4.78 is 13.5. The van der Waals surface area contributed by atoms with Crippen LogP contribution in [0.15, 0.2) is 36.8 Å². The average Bonchev–Trinajstić information content (AvgIpc) is 2.36. The van der Waals surface area contributed by atoms with E-state index in [9.17, 15) is 4.39 Å². The molecule has 0 aliphatic carbocycles. The molecule has 88 valence electrons. The summed E-state index contributed by atoms with van der Waals surface area (Å²) in [4.78, 5) is 7.88. The van der Waals surface area contributed by atoms with Gasteiger partial charge >= 0.3 is 0 Å². The third-order valence-corrected chi connectivity index (χ3v) is 2.59. The summed E-state index contributed by atoms with van der Waals surface area (Å²) in [6.45, 7) is 0.977. The van der Waals surface area contributed by atoms with Gasteiger partial charge in [-0.05, 0) is 12.1 Å². The minimum absolute atomic E-state index is 0.145. The molecule has 0 spiro atoms. The number of halogens is 2. The first-order valence-electron chi connectivity index (χ1n) is 5.16. The van der Waals surface area contributed by atoms with Gasteiger partial charge in [0.1, 0.15) is 12.1 Å². The molecule has 0 atom stereocenters. The van der Waals surface area contributed by atoms with E-state index in [0.717, 1.165) is 5.69 Å². The predicted molar refractivity (Wildman–Crippen MR) is 64.0 cm³/mol. The van der Waals surface area contributed by atoms with Crippen molar-refractivity contribution in [3.05, 3.63) is 58.9 Å². The van der Waals surface area contributed by atoms with Crippen molar-refractivity contribution in [3.63, 3.8) is 0 Å². The molecular formula is C12H11ClFN3. The van der Waals surface area contributed by atoms with Crippen LogP contribution in [0, 0.1) is 5.82 Å². The lowest BCUT2D eigenvalue weighted by Crippen LogP contribution is -2.14. The molecule has 0 radical (unpaired) electrons. The summed E-state index contributed by atoms with van der Waals surface area (Å²) in [6.07, 6.45) is 3.15. The molecule has 0 fully saturated rings. The number of benzene rings is 1. The zero-order valence-electron chi connectivity index (χ0n) is 9.03. The van der Waals surface area contributed by atoms with Crippen LogP contribution < -0.4 is 5.32 Å². The van der Waals surface area contributed by atoms with Crippen LogP contribution in [0.3, 0.4) is 0 Å². The third kappa shape index (κ3) is 3.22. The van der Waals surface area contributed by atoms with E-state index in [1.165, 1.54) is 12.4 Å². The first-order chi connectivity index (χ1) is 8.27. The summed E-state index contributed by atoms with van der Waals surface area (Å²) >= 11 is 5.69. The molecule has 5 heteroatoms. The Morgan fingerprint density at radius 3 is 2.88 bits per heavy atom. The smallest absolute Gasteiger partial charge is 0.146 e. The van der Waals surface area contributed by atoms with Crippen molar-refractivity contribution < 1.29 is 4.39 Å². The molecular weight excluding hydrogens is 241 g/mol. The lowest BCUT2D eigenvalue weighted by atomic mass is 10.2. The van der Waals surface area contributed by atoms with Crippen LogP contribution in [0.25, 0.3) is 0 Å². The molecule has 2 rings (SSSR count). The van der Waals surface area contributed by atoms with Gasteiger partial charge in [0, 0.05) is 24.8 Å². The highest BCUT2D eigenvalue weighted by atomic mass is 35.5. The maximum Gasteiger partial charge on any atom is 0.146 e. The standard InChI is InChI=1S/C12H11ClFN3/c13-11-3-1-2-9(12(11)14)6-16-7-10-4-5-15-8-17-10/h1-5,8,16H,6-7H2. The molecule has 2 aromatic rings. The van der Waals surface area contributed by atoms with Crippen LogP contribution in [-0.4, -0.2) is 9.97 Å². The zero-order chi connectivity index (χ0) is 12.1. The number of nitrogens with zero attached hydrogens (tertiary/aromatic N) is 2. The van der Waals surface area contributed by atoms with Crippen molar-refractivity contribution in [3.8, 4) is 0 Å². The van der Waals surface area contributed by atoms with Gasteiger partial charge in [-0.3, -0.25) is 0 Å². The molecule has 0 bridgehead atoms. The highest BCUT2D eigenvalue weighted by Gasteiger charge is 2.05. The van der Waals surface area contributed by atoms with Crippen LogP contribution in [0.2, 0.25) is 5.02 Å². The normalized spacial score (nSPS) is 10.5. The van der Waals surface area contributed by atoms with E-state index in [1.807, 2.05) is 0 Å². The zero-order valence-corrected chi connectivity index (χ0v) is 9.78. The van der Waals surface area contributed by atoms with Crippen LogP contribution in [-0.2, 0) is 13.1 Å². The van der Waals surface area contributed by atoms with Crippen molar-refractivity contribution >= 4 is 11.6 Å². The lowest BCUT2D eigenvalue weighted by Gasteiger charge is -2.06. The van der Waals surface area contributed by atoms with Crippen LogP contribution in [0.5, 0.6) is 0 Å². The van der Waals surface area contributed by atoms with E-state index in [4.69, 9.17) is 11.6 Å². The van der Waals surface area contributed by atoms with Crippen LogP contribution >= 0.6 is 11.6 Å². The van der Waals surface area contributed by atoms with Gasteiger partial charge in [-0.15, -0.1) is 0 Å². The Morgan fingerprint density at radius 1 is 1.24 bits per heavy atom. The summed E-state index contributed by atoms with van der Waals surface area (Å²) in [6, 6.07) is 6.77. The van der Waals surface area contributed by atoms with Crippen LogP contribution in [0.1, 0.15) is 11.3 Å². The Hall–Kier alpha value is -1.52. The molecule has 0 aliphatic rings. The van der Waals surface area contributed by atoms with Crippen molar-refractivity contribution in [1.29, 1.82) is 0 Å². The van der Waals surface area contributed by atoms with Gasteiger partial charge in [0.05, 0.1) is 10.7 Å². The lowest BCUT2D eigenvalue weighted by molar-refractivity contribution is 0.586. The molecule has 0 saturated heterocycles. The Bertz CT molecular complexity index is 490. The highest BCUT2D eigenvalue weighted by Crippen LogP contribution is 2.17. The second-order valence-corrected chi connectivity index (χ2v) is 3.92. The fraction of sp³-hybridized carbons (Fsp3) is 0.167. The molecule has 17 heavy (non-hydrogen) atoms. The van der Waals surface area contributed by atoms with Gasteiger partial charge in [0.2, 0.25) is 0 Å². The van der Waals surface area contributed by atoms with Gasteiger partial charge in [0.25, 0.3) is 0 Å². The quantitative estimate of drug-likeness (QED) is 0.908. The number of rotatable bonds is 4. The SMILES string of the molecule is Fc1c(Cl)cccc1CNCc1ccncn1. The van der Waals surface area contributed by atoms with E-state index >= 15 is 0 Å². The number of hydrogen-bond donors (Lipinski definition) is 1. The van der Waals surface area contributed by atoms with Crippen LogP contribution in [0.4, 0.5) is 4.39 Å². The van der Waals surface area contributed by atoms with Crippen molar-refractivity contribution in [2.45, 2.75) is 13.1 Å². The van der Waals surface area contributed by atoms with Gasteiger partial charge in [-0.1, -0.05) is 23.7 Å². The van der Waals surface area contributed by atoms with Gasteiger partial charge in [-0.2, -0.15) is 0 Å². The number of aromatic nitrogens is 2. The highest BCUT2D eigenvalue weighted by molar-refractivity contribution is 6.30. The second kappa shape index (κ2) is 5.70. The fourth-order valence-corrected chi connectivity index (χ4v) is 1.63. The first-order valence-corrected chi connectivity index (χ1v) is 5.53. The number of hydrogen-bond acceptors (Lipinski definition) is 3.